The van der Waals surface area contributed by atoms with Crippen molar-refractivity contribution in [3.05, 3.63) is 0 Å². The van der Waals surface area contributed by atoms with E-state index >= 15 is 0 Å². The highest BCUT2D eigenvalue weighted by molar-refractivity contribution is 8.01. The molecule has 0 unspecified atom stereocenters. The van der Waals surface area contributed by atoms with Crippen molar-refractivity contribution in [1.29, 1.82) is 0 Å². The van der Waals surface area contributed by atoms with Crippen LogP contribution in [0.1, 0.15) is 34.1 Å². The van der Waals surface area contributed by atoms with Gasteiger partial charge in [-0.05, 0) is 27.2 Å². The summed E-state index contributed by atoms with van der Waals surface area (Å²) in [7, 11) is 0. The second-order valence-corrected chi connectivity index (χ2v) is 5.52. The highest BCUT2D eigenvalue weighted by Gasteiger charge is 2.30. The smallest absolute Gasteiger partial charge is 0.108 e. The van der Waals surface area contributed by atoms with E-state index in [9.17, 15) is 0 Å². The third-order valence-corrected chi connectivity index (χ3v) is 2.89. The van der Waals surface area contributed by atoms with Gasteiger partial charge in [-0.3, -0.25) is 0 Å². The van der Waals surface area contributed by atoms with Crippen molar-refractivity contribution in [1.82, 2.24) is 0 Å². The maximum atomic E-state index is 5.71. The zero-order valence-corrected chi connectivity index (χ0v) is 7.99. The van der Waals surface area contributed by atoms with Crippen LogP contribution < -0.4 is 0 Å². The van der Waals surface area contributed by atoms with Gasteiger partial charge < -0.3 is 4.74 Å². The molecule has 0 saturated carbocycles. The van der Waals surface area contributed by atoms with Gasteiger partial charge in [-0.2, -0.15) is 0 Å². The first-order valence-corrected chi connectivity index (χ1v) is 4.73. The highest BCUT2D eigenvalue weighted by Crippen LogP contribution is 2.38. The van der Waals surface area contributed by atoms with Crippen molar-refractivity contribution in [2.75, 3.05) is 0 Å². The summed E-state index contributed by atoms with van der Waals surface area (Å²) in [6, 6.07) is 0. The molecule has 0 aromatic rings. The van der Waals surface area contributed by atoms with E-state index in [4.69, 9.17) is 4.74 Å². The van der Waals surface area contributed by atoms with Crippen molar-refractivity contribution in [3.63, 3.8) is 0 Å². The molecule has 10 heavy (non-hydrogen) atoms. The topological polar surface area (TPSA) is 9.23 Å². The number of hydrogen-bond acceptors (Lipinski definition) is 2. The zero-order valence-electron chi connectivity index (χ0n) is 7.18. The Labute approximate surface area is 67.5 Å². The Morgan fingerprint density at radius 3 is 2.40 bits per heavy atom. The molecule has 2 atom stereocenters. The molecule has 0 aliphatic carbocycles. The summed E-state index contributed by atoms with van der Waals surface area (Å²) < 4.78 is 5.71. The summed E-state index contributed by atoms with van der Waals surface area (Å²) in [6.45, 7) is 8.71. The summed E-state index contributed by atoms with van der Waals surface area (Å²) in [5, 5.41) is 0.749. The third-order valence-electron chi connectivity index (χ3n) is 1.63. The van der Waals surface area contributed by atoms with Crippen molar-refractivity contribution < 1.29 is 4.74 Å². The van der Waals surface area contributed by atoms with Gasteiger partial charge in [0.1, 0.15) is 4.93 Å². The Bertz CT molecular complexity index is 110. The predicted octanol–water partition coefficient (Wildman–Crippen LogP) is 2.65. The Morgan fingerprint density at radius 2 is 2.00 bits per heavy atom. The summed E-state index contributed by atoms with van der Waals surface area (Å²) in [4.78, 5) is 0.0388. The first-order chi connectivity index (χ1) is 4.49. The molecule has 1 fully saturated rings. The van der Waals surface area contributed by atoms with Crippen LogP contribution in [0, 0.1) is 0 Å². The summed E-state index contributed by atoms with van der Waals surface area (Å²) in [5.74, 6) is 0. The fourth-order valence-electron chi connectivity index (χ4n) is 1.56. The number of thioether (sulfide) groups is 1. The minimum Gasteiger partial charge on any atom is -0.362 e. The first-order valence-electron chi connectivity index (χ1n) is 3.85. The molecule has 0 aromatic heterocycles. The first kappa shape index (κ1) is 8.41. The van der Waals surface area contributed by atoms with Gasteiger partial charge in [0.05, 0.1) is 6.10 Å². The lowest BCUT2D eigenvalue weighted by Crippen LogP contribution is -2.34. The van der Waals surface area contributed by atoms with E-state index in [1.54, 1.807) is 0 Å². The molecule has 0 radical (unpaired) electrons. The predicted molar refractivity (Wildman–Crippen MR) is 46.3 cm³/mol. The largest absolute Gasteiger partial charge is 0.362 e. The van der Waals surface area contributed by atoms with Crippen molar-refractivity contribution in [2.24, 2.45) is 0 Å². The molecule has 0 aromatic carbocycles. The maximum absolute atomic E-state index is 5.71. The van der Waals surface area contributed by atoms with E-state index in [1.807, 2.05) is 11.8 Å². The van der Waals surface area contributed by atoms with Crippen LogP contribution >= 0.6 is 11.8 Å². The molecule has 1 saturated heterocycles. The van der Waals surface area contributed by atoms with Crippen LogP contribution in [0.2, 0.25) is 0 Å². The molecule has 1 rings (SSSR count). The molecular formula is C8H16OS. The van der Waals surface area contributed by atoms with Crippen molar-refractivity contribution in [2.45, 2.75) is 50.4 Å². The van der Waals surface area contributed by atoms with Gasteiger partial charge in [0.2, 0.25) is 0 Å². The van der Waals surface area contributed by atoms with Gasteiger partial charge in [-0.15, -0.1) is 11.8 Å². The fraction of sp³-hybridized carbons (Fsp3) is 1.00. The van der Waals surface area contributed by atoms with Crippen LogP contribution in [0.4, 0.5) is 0 Å². The van der Waals surface area contributed by atoms with Gasteiger partial charge in [0, 0.05) is 5.25 Å². The van der Waals surface area contributed by atoms with Crippen molar-refractivity contribution in [3.8, 4) is 0 Å². The van der Waals surface area contributed by atoms with E-state index in [0.29, 0.717) is 6.10 Å². The molecular weight excluding hydrogens is 144 g/mol. The maximum Gasteiger partial charge on any atom is 0.108 e. The van der Waals surface area contributed by atoms with E-state index in [-0.39, 0.29) is 4.93 Å². The number of hydrogen-bond donors (Lipinski definition) is 0. The van der Waals surface area contributed by atoms with Crippen LogP contribution in [-0.2, 0) is 4.74 Å². The fourth-order valence-corrected chi connectivity index (χ4v) is 3.12. The molecule has 1 nitrogen and oxygen atoms in total. The van der Waals surface area contributed by atoms with Crippen molar-refractivity contribution >= 4 is 11.8 Å². The average molecular weight is 160 g/mol. The Hall–Kier alpha value is 0.310. The van der Waals surface area contributed by atoms with E-state index in [0.717, 1.165) is 5.25 Å². The molecule has 0 N–H and O–H groups in total. The number of rotatable bonds is 0. The summed E-state index contributed by atoms with van der Waals surface area (Å²) in [5.41, 5.74) is 0. The van der Waals surface area contributed by atoms with Gasteiger partial charge in [-0.1, -0.05) is 6.92 Å². The van der Waals surface area contributed by atoms with Crippen LogP contribution in [0.3, 0.4) is 0 Å². The molecule has 0 amide bonds. The standard InChI is InChI=1S/C8H16OS/c1-6-5-7(2)10-8(3,4)9-6/h6-7H,5H2,1-4H3/t6-,7-/m0/s1. The van der Waals surface area contributed by atoms with Gasteiger partial charge >= 0.3 is 0 Å². The average Bonchev–Trinajstić information content (AvgIpc) is 1.54. The van der Waals surface area contributed by atoms with Crippen LogP contribution in [0.5, 0.6) is 0 Å². The van der Waals surface area contributed by atoms with E-state index < -0.39 is 0 Å². The van der Waals surface area contributed by atoms with Crippen LogP contribution in [-0.4, -0.2) is 16.3 Å². The molecule has 60 valence electrons. The Balaban J connectivity index is 2.51. The molecule has 1 aliphatic rings. The van der Waals surface area contributed by atoms with Gasteiger partial charge in [0.15, 0.2) is 0 Å². The van der Waals surface area contributed by atoms with Crippen LogP contribution in [0.25, 0.3) is 0 Å². The van der Waals surface area contributed by atoms with Gasteiger partial charge in [0.25, 0.3) is 0 Å². The summed E-state index contributed by atoms with van der Waals surface area (Å²) in [6.07, 6.45) is 1.62. The molecule has 0 bridgehead atoms. The zero-order chi connectivity index (χ0) is 7.78. The lowest BCUT2D eigenvalue weighted by molar-refractivity contribution is -0.0168. The quantitative estimate of drug-likeness (QED) is 0.539. The molecule has 0 spiro atoms. The van der Waals surface area contributed by atoms with E-state index in [2.05, 4.69) is 27.7 Å². The SMILES string of the molecule is C[C@H]1C[C@H](C)SC(C)(C)O1. The van der Waals surface area contributed by atoms with E-state index in [1.165, 1.54) is 6.42 Å². The summed E-state index contributed by atoms with van der Waals surface area (Å²) >= 11 is 1.93. The van der Waals surface area contributed by atoms with Gasteiger partial charge in [-0.25, -0.2) is 0 Å². The Morgan fingerprint density at radius 1 is 1.40 bits per heavy atom. The monoisotopic (exact) mass is 160 g/mol. The highest BCUT2D eigenvalue weighted by atomic mass is 32.2. The normalized spacial score (nSPS) is 39.6. The second-order valence-electron chi connectivity index (χ2n) is 3.49. The molecule has 1 aliphatic heterocycles. The number of ether oxygens (including phenoxy) is 1. The lowest BCUT2D eigenvalue weighted by Gasteiger charge is -2.37. The molecule has 1 heterocycles. The minimum atomic E-state index is 0.0388. The minimum absolute atomic E-state index is 0.0388. The van der Waals surface area contributed by atoms with Crippen LogP contribution in [0.15, 0.2) is 0 Å². The molecule has 2 heteroatoms. The Kier molecular flexibility index (Phi) is 2.31. The second kappa shape index (κ2) is 2.74. The lowest BCUT2D eigenvalue weighted by atomic mass is 10.2. The third kappa shape index (κ3) is 2.17.